The second kappa shape index (κ2) is 10.2. The summed E-state index contributed by atoms with van der Waals surface area (Å²) in [6.07, 6.45) is 8.43. The first kappa shape index (κ1) is 21.7. The Morgan fingerprint density at radius 1 is 1.07 bits per heavy atom. The van der Waals surface area contributed by atoms with Crippen molar-refractivity contribution in [1.29, 1.82) is 0 Å². The fourth-order valence-corrected chi connectivity index (χ4v) is 4.82. The molecule has 3 N–H and O–H groups in total. The molecule has 2 aliphatic rings. The van der Waals surface area contributed by atoms with Crippen molar-refractivity contribution < 1.29 is 24.9 Å². The summed E-state index contributed by atoms with van der Waals surface area (Å²) in [6.45, 7) is 0. The van der Waals surface area contributed by atoms with Crippen molar-refractivity contribution in [2.75, 3.05) is 0 Å². The van der Waals surface area contributed by atoms with Crippen molar-refractivity contribution in [3.63, 3.8) is 0 Å². The number of carbonyl (C=O) groups is 2. The van der Waals surface area contributed by atoms with Crippen LogP contribution in [0.4, 0.5) is 0 Å². The number of hydrogen-bond acceptors (Lipinski definition) is 4. The first-order valence-electron chi connectivity index (χ1n) is 10.8. The highest BCUT2D eigenvalue weighted by molar-refractivity contribution is 5.84. The van der Waals surface area contributed by atoms with Gasteiger partial charge in [0.1, 0.15) is 5.78 Å². The lowest BCUT2D eigenvalue weighted by Crippen LogP contribution is -2.22. The lowest BCUT2D eigenvalue weighted by molar-refractivity contribution is -0.137. The third-order valence-electron chi connectivity index (χ3n) is 6.48. The summed E-state index contributed by atoms with van der Waals surface area (Å²) in [5, 5.41) is 29.6. The molecule has 0 amide bonds. The molecule has 4 atom stereocenters. The number of carboxylic acid groups (broad SMARTS) is 1. The highest BCUT2D eigenvalue weighted by atomic mass is 16.4. The van der Waals surface area contributed by atoms with Crippen molar-refractivity contribution in [2.24, 2.45) is 17.8 Å². The molecular formula is C24H32O5. The minimum absolute atomic E-state index is 0.0976. The maximum absolute atomic E-state index is 12.3. The van der Waals surface area contributed by atoms with Crippen LogP contribution in [0.5, 0.6) is 0 Å². The zero-order valence-corrected chi connectivity index (χ0v) is 16.9. The molecule has 0 aliphatic heterocycles. The molecule has 1 fully saturated rings. The second-order valence-corrected chi connectivity index (χ2v) is 8.58. The third-order valence-corrected chi connectivity index (χ3v) is 6.48. The van der Waals surface area contributed by atoms with Crippen LogP contribution in [0.15, 0.2) is 36.4 Å². The molecule has 5 heteroatoms. The van der Waals surface area contributed by atoms with Gasteiger partial charge in [0.15, 0.2) is 0 Å². The van der Waals surface area contributed by atoms with E-state index >= 15 is 0 Å². The molecule has 0 heterocycles. The number of hydrogen-bond donors (Lipinski definition) is 3. The van der Waals surface area contributed by atoms with Gasteiger partial charge in [-0.3, -0.25) is 9.59 Å². The number of rotatable bonds is 10. The lowest BCUT2D eigenvalue weighted by atomic mass is 9.87. The van der Waals surface area contributed by atoms with Crippen LogP contribution in [-0.2, 0) is 22.4 Å². The van der Waals surface area contributed by atoms with Crippen LogP contribution in [-0.4, -0.2) is 39.3 Å². The van der Waals surface area contributed by atoms with Crippen LogP contribution in [0.1, 0.15) is 56.1 Å². The summed E-state index contributed by atoms with van der Waals surface area (Å²) in [5.74, 6) is -0.965. The largest absolute Gasteiger partial charge is 0.481 e. The number of ketones is 1. The number of carboxylic acids is 1. The highest BCUT2D eigenvalue weighted by Gasteiger charge is 2.39. The number of fused-ring (bicyclic) bond motifs is 1. The van der Waals surface area contributed by atoms with E-state index < -0.39 is 18.2 Å². The van der Waals surface area contributed by atoms with Crippen LogP contribution >= 0.6 is 0 Å². The maximum Gasteiger partial charge on any atom is 0.303 e. The molecule has 1 aromatic carbocycles. The molecular weight excluding hydrogens is 368 g/mol. The smallest absolute Gasteiger partial charge is 0.303 e. The quantitative estimate of drug-likeness (QED) is 0.414. The van der Waals surface area contributed by atoms with Crippen molar-refractivity contribution >= 4 is 11.8 Å². The van der Waals surface area contributed by atoms with Gasteiger partial charge in [-0.05, 0) is 42.7 Å². The summed E-state index contributed by atoms with van der Waals surface area (Å²) in [5.41, 5.74) is 2.59. The van der Waals surface area contributed by atoms with Gasteiger partial charge in [0.05, 0.1) is 12.2 Å². The topological polar surface area (TPSA) is 94.8 Å². The van der Waals surface area contributed by atoms with E-state index in [9.17, 15) is 19.8 Å². The van der Waals surface area contributed by atoms with Crippen molar-refractivity contribution in [2.45, 2.75) is 70.0 Å². The van der Waals surface area contributed by atoms with E-state index in [-0.39, 0.29) is 36.4 Å². The number of benzene rings is 1. The Kier molecular flexibility index (Phi) is 7.62. The third kappa shape index (κ3) is 5.77. The molecule has 0 bridgehead atoms. The average Bonchev–Trinajstić information content (AvgIpc) is 3.23. The Morgan fingerprint density at radius 3 is 2.38 bits per heavy atom. The lowest BCUT2D eigenvalue weighted by Gasteiger charge is -2.19. The molecule has 5 nitrogen and oxygen atoms in total. The zero-order valence-electron chi connectivity index (χ0n) is 16.9. The van der Waals surface area contributed by atoms with Gasteiger partial charge < -0.3 is 15.3 Å². The van der Waals surface area contributed by atoms with E-state index in [0.717, 1.165) is 32.1 Å². The summed E-state index contributed by atoms with van der Waals surface area (Å²) in [4.78, 5) is 22.9. The standard InChI is InChI=1S/C24H32O5/c25-21(18-13-16-7-5-6-8-17(16)14-18)12-11-20-19(22(26)15-23(20)27)9-3-1-2-4-10-24(28)29/h5-8,11-12,18-21,23,25,27H,1-4,9-10,13-15H2,(H,28,29)/b12-11+/t19-,20-,21-,23-/m1/s1. The van der Waals surface area contributed by atoms with Crippen molar-refractivity contribution in [3.8, 4) is 0 Å². The maximum atomic E-state index is 12.3. The van der Waals surface area contributed by atoms with Gasteiger partial charge in [0, 0.05) is 24.7 Å². The predicted molar refractivity (Wildman–Crippen MR) is 110 cm³/mol. The fourth-order valence-electron chi connectivity index (χ4n) is 4.82. The molecule has 0 aromatic heterocycles. The molecule has 0 radical (unpaired) electrons. The average molecular weight is 401 g/mol. The summed E-state index contributed by atoms with van der Waals surface area (Å²) < 4.78 is 0. The van der Waals surface area contributed by atoms with Gasteiger partial charge in [0.2, 0.25) is 0 Å². The molecule has 3 rings (SSSR count). The summed E-state index contributed by atoms with van der Waals surface area (Å²) in [6, 6.07) is 8.27. The summed E-state index contributed by atoms with van der Waals surface area (Å²) >= 11 is 0. The Morgan fingerprint density at radius 2 is 1.72 bits per heavy atom. The second-order valence-electron chi connectivity index (χ2n) is 8.58. The number of aliphatic hydroxyl groups excluding tert-OH is 2. The normalized spacial score (nSPS) is 25.6. The molecule has 1 aromatic rings. The summed E-state index contributed by atoms with van der Waals surface area (Å²) in [7, 11) is 0. The van der Waals surface area contributed by atoms with Gasteiger partial charge in [0.25, 0.3) is 0 Å². The first-order valence-corrected chi connectivity index (χ1v) is 10.8. The van der Waals surface area contributed by atoms with Crippen molar-refractivity contribution in [1.82, 2.24) is 0 Å². The van der Waals surface area contributed by atoms with Crippen LogP contribution in [0.25, 0.3) is 0 Å². The zero-order chi connectivity index (χ0) is 20.8. The van der Waals surface area contributed by atoms with E-state index in [4.69, 9.17) is 5.11 Å². The van der Waals surface area contributed by atoms with Crippen LogP contribution < -0.4 is 0 Å². The molecule has 0 saturated heterocycles. The number of Topliss-reactive ketones (excluding diaryl/α,β-unsaturated/α-hetero) is 1. The van der Waals surface area contributed by atoms with Gasteiger partial charge in [-0.2, -0.15) is 0 Å². The van der Waals surface area contributed by atoms with Gasteiger partial charge >= 0.3 is 5.97 Å². The Hall–Kier alpha value is -1.98. The van der Waals surface area contributed by atoms with Crippen LogP contribution in [0.3, 0.4) is 0 Å². The molecule has 2 aliphatic carbocycles. The molecule has 0 spiro atoms. The number of aliphatic hydroxyl groups is 2. The number of unbranched alkanes of at least 4 members (excludes halogenated alkanes) is 3. The van der Waals surface area contributed by atoms with Gasteiger partial charge in [-0.1, -0.05) is 55.7 Å². The number of aliphatic carboxylic acids is 1. The predicted octanol–water partition coefficient (Wildman–Crippen LogP) is 3.31. The van der Waals surface area contributed by atoms with E-state index in [1.807, 2.05) is 18.2 Å². The minimum Gasteiger partial charge on any atom is -0.481 e. The number of carbonyl (C=O) groups excluding carboxylic acids is 1. The van der Waals surface area contributed by atoms with Crippen LogP contribution in [0.2, 0.25) is 0 Å². The van der Waals surface area contributed by atoms with Crippen LogP contribution in [0, 0.1) is 17.8 Å². The Bertz CT molecular complexity index is 716. The molecule has 1 saturated carbocycles. The monoisotopic (exact) mass is 400 g/mol. The van der Waals surface area contributed by atoms with Gasteiger partial charge in [-0.25, -0.2) is 0 Å². The molecule has 29 heavy (non-hydrogen) atoms. The fraction of sp³-hybridized carbons (Fsp3) is 0.583. The van der Waals surface area contributed by atoms with E-state index in [1.165, 1.54) is 11.1 Å². The molecule has 0 unspecified atom stereocenters. The van der Waals surface area contributed by atoms with E-state index in [0.29, 0.717) is 12.8 Å². The minimum atomic E-state index is -0.770. The Balaban J connectivity index is 1.49. The Labute approximate surface area is 172 Å². The van der Waals surface area contributed by atoms with E-state index in [1.54, 1.807) is 6.08 Å². The highest BCUT2D eigenvalue weighted by Crippen LogP contribution is 2.35. The van der Waals surface area contributed by atoms with Crippen molar-refractivity contribution in [3.05, 3.63) is 47.5 Å². The SMILES string of the molecule is O=C(O)CCCCCC[C@H]1C(=O)C[C@@H](O)[C@@H]1/C=C/[C@@H](O)C1Cc2ccccc2C1. The van der Waals surface area contributed by atoms with Gasteiger partial charge in [-0.15, -0.1) is 0 Å². The van der Waals surface area contributed by atoms with E-state index in [2.05, 4.69) is 12.1 Å². The first-order chi connectivity index (χ1) is 14.0. The molecule has 158 valence electrons.